The molecular weight excluding hydrogens is 366 g/mol. The van der Waals surface area contributed by atoms with E-state index >= 15 is 0 Å². The maximum Gasteiger partial charge on any atom is 0.227 e. The third kappa shape index (κ3) is 5.54. The zero-order chi connectivity index (χ0) is 19.3. The first-order valence-electron chi connectivity index (χ1n) is 9.16. The molecule has 1 aromatic carbocycles. The summed E-state index contributed by atoms with van der Waals surface area (Å²) in [4.78, 5) is 6.27. The minimum atomic E-state index is -3.39. The molecule has 1 aliphatic heterocycles. The van der Waals surface area contributed by atoms with Gasteiger partial charge in [0.1, 0.15) is 12.4 Å². The molecule has 1 aliphatic rings. The van der Waals surface area contributed by atoms with Gasteiger partial charge in [-0.2, -0.15) is 0 Å². The number of imidazole rings is 1. The van der Waals surface area contributed by atoms with Gasteiger partial charge in [0, 0.05) is 26.0 Å². The lowest BCUT2D eigenvalue weighted by Crippen LogP contribution is -2.27. The smallest absolute Gasteiger partial charge is 0.227 e. The second kappa shape index (κ2) is 8.86. The van der Waals surface area contributed by atoms with Gasteiger partial charge in [0.05, 0.1) is 24.5 Å². The van der Waals surface area contributed by atoms with Crippen molar-refractivity contribution in [1.29, 1.82) is 0 Å². The van der Waals surface area contributed by atoms with Gasteiger partial charge in [-0.25, -0.2) is 13.4 Å². The van der Waals surface area contributed by atoms with Crippen LogP contribution in [0, 0.1) is 0 Å². The second-order valence-corrected chi connectivity index (χ2v) is 8.86. The number of ether oxygens (including phenoxy) is 2. The van der Waals surface area contributed by atoms with Crippen LogP contribution in [0.1, 0.15) is 18.5 Å². The van der Waals surface area contributed by atoms with Gasteiger partial charge in [0.2, 0.25) is 15.0 Å². The van der Waals surface area contributed by atoms with Crippen molar-refractivity contribution >= 4 is 9.84 Å². The first kappa shape index (κ1) is 19.9. The number of rotatable bonds is 9. The van der Waals surface area contributed by atoms with Crippen molar-refractivity contribution in [1.82, 2.24) is 14.5 Å². The van der Waals surface area contributed by atoms with E-state index < -0.39 is 9.84 Å². The Labute approximate surface area is 160 Å². The number of sulfone groups is 1. The van der Waals surface area contributed by atoms with Crippen LogP contribution in [-0.4, -0.2) is 62.0 Å². The Bertz CT molecular complexity index is 830. The van der Waals surface area contributed by atoms with Crippen LogP contribution >= 0.6 is 0 Å². The summed E-state index contributed by atoms with van der Waals surface area (Å²) in [5.41, 5.74) is 0.869. The lowest BCUT2D eigenvalue weighted by atomic mass is 10.2. The molecule has 3 rings (SSSR count). The van der Waals surface area contributed by atoms with Crippen LogP contribution in [0.4, 0.5) is 0 Å². The average Bonchev–Trinajstić information content (AvgIpc) is 3.26. The van der Waals surface area contributed by atoms with Gasteiger partial charge in [-0.3, -0.25) is 4.90 Å². The molecule has 0 bridgehead atoms. The van der Waals surface area contributed by atoms with Crippen LogP contribution in [0.5, 0.6) is 5.75 Å². The SMILES string of the molecule is CN(CCOc1ccccc1)Cc1cnc(S(C)(=O)=O)n1CC1CCCO1. The Morgan fingerprint density at radius 1 is 1.33 bits per heavy atom. The Morgan fingerprint density at radius 2 is 2.11 bits per heavy atom. The van der Waals surface area contributed by atoms with Crippen LogP contribution in [0.3, 0.4) is 0 Å². The molecule has 2 aromatic rings. The predicted molar refractivity (Wildman–Crippen MR) is 103 cm³/mol. The van der Waals surface area contributed by atoms with Gasteiger partial charge in [-0.15, -0.1) is 0 Å². The number of para-hydroxylation sites is 1. The van der Waals surface area contributed by atoms with Gasteiger partial charge < -0.3 is 14.0 Å². The zero-order valence-corrected chi connectivity index (χ0v) is 16.7. The summed E-state index contributed by atoms with van der Waals surface area (Å²) in [5.74, 6) is 0.841. The first-order chi connectivity index (χ1) is 12.9. The monoisotopic (exact) mass is 393 g/mol. The maximum absolute atomic E-state index is 12.1. The molecule has 8 heteroatoms. The van der Waals surface area contributed by atoms with Crippen LogP contribution < -0.4 is 4.74 Å². The maximum atomic E-state index is 12.1. The number of hydrogen-bond donors (Lipinski definition) is 0. The number of aromatic nitrogens is 2. The van der Waals surface area contributed by atoms with Crippen molar-refractivity contribution < 1.29 is 17.9 Å². The molecule has 0 radical (unpaired) electrons. The van der Waals surface area contributed by atoms with Crippen molar-refractivity contribution in [3.63, 3.8) is 0 Å². The van der Waals surface area contributed by atoms with Crippen LogP contribution in [0.15, 0.2) is 41.7 Å². The molecule has 0 N–H and O–H groups in total. The lowest BCUT2D eigenvalue weighted by molar-refractivity contribution is 0.0933. The van der Waals surface area contributed by atoms with E-state index in [2.05, 4.69) is 9.88 Å². The van der Waals surface area contributed by atoms with Crippen LogP contribution in [-0.2, 0) is 27.7 Å². The molecule has 0 spiro atoms. The molecule has 1 fully saturated rings. The molecule has 0 amide bonds. The van der Waals surface area contributed by atoms with Gasteiger partial charge in [-0.1, -0.05) is 18.2 Å². The van der Waals surface area contributed by atoms with Crippen LogP contribution in [0.25, 0.3) is 0 Å². The Kier molecular flexibility index (Phi) is 6.51. The molecule has 7 nitrogen and oxygen atoms in total. The first-order valence-corrected chi connectivity index (χ1v) is 11.0. The highest BCUT2D eigenvalue weighted by Gasteiger charge is 2.24. The van der Waals surface area contributed by atoms with Gasteiger partial charge in [-0.05, 0) is 32.0 Å². The van der Waals surface area contributed by atoms with Gasteiger partial charge >= 0.3 is 0 Å². The largest absolute Gasteiger partial charge is 0.492 e. The number of hydrogen-bond acceptors (Lipinski definition) is 6. The minimum absolute atomic E-state index is 0.0465. The fourth-order valence-electron chi connectivity index (χ4n) is 3.19. The molecule has 1 unspecified atom stereocenters. The van der Waals surface area contributed by atoms with E-state index in [1.54, 1.807) is 10.8 Å². The van der Waals surface area contributed by atoms with Crippen molar-refractivity contribution in [2.24, 2.45) is 0 Å². The molecule has 1 aromatic heterocycles. The van der Waals surface area contributed by atoms with Crippen LogP contribution in [0.2, 0.25) is 0 Å². The molecule has 0 saturated carbocycles. The second-order valence-electron chi connectivity index (χ2n) is 6.95. The molecule has 0 aliphatic carbocycles. The average molecular weight is 394 g/mol. The summed E-state index contributed by atoms with van der Waals surface area (Å²) in [6.07, 6.45) is 4.86. The summed E-state index contributed by atoms with van der Waals surface area (Å²) >= 11 is 0. The highest BCUT2D eigenvalue weighted by Crippen LogP contribution is 2.19. The van der Waals surface area contributed by atoms with E-state index in [1.807, 2.05) is 37.4 Å². The van der Waals surface area contributed by atoms with E-state index in [1.165, 1.54) is 6.26 Å². The number of likely N-dealkylation sites (N-methyl/N-ethyl adjacent to an activating group) is 1. The third-order valence-electron chi connectivity index (χ3n) is 4.56. The normalized spacial score (nSPS) is 17.5. The predicted octanol–water partition coefficient (Wildman–Crippen LogP) is 1.98. The Balaban J connectivity index is 1.63. The van der Waals surface area contributed by atoms with Crippen molar-refractivity contribution in [2.75, 3.05) is 33.1 Å². The molecule has 1 atom stereocenters. The Morgan fingerprint density at radius 3 is 2.78 bits per heavy atom. The topological polar surface area (TPSA) is 73.7 Å². The number of benzene rings is 1. The summed E-state index contributed by atoms with van der Waals surface area (Å²) in [7, 11) is -1.41. The highest BCUT2D eigenvalue weighted by atomic mass is 32.2. The minimum Gasteiger partial charge on any atom is -0.492 e. The van der Waals surface area contributed by atoms with Crippen molar-refractivity contribution in [2.45, 2.75) is 37.2 Å². The molecule has 2 heterocycles. The van der Waals surface area contributed by atoms with E-state index in [0.29, 0.717) is 26.2 Å². The lowest BCUT2D eigenvalue weighted by Gasteiger charge is -2.20. The van der Waals surface area contributed by atoms with E-state index in [0.717, 1.165) is 30.9 Å². The number of nitrogens with zero attached hydrogens (tertiary/aromatic N) is 3. The van der Waals surface area contributed by atoms with Gasteiger partial charge in [0.25, 0.3) is 0 Å². The quantitative estimate of drug-likeness (QED) is 0.649. The highest BCUT2D eigenvalue weighted by molar-refractivity contribution is 7.90. The fourth-order valence-corrected chi connectivity index (χ4v) is 4.03. The van der Waals surface area contributed by atoms with Crippen molar-refractivity contribution in [3.8, 4) is 5.75 Å². The molecule has 27 heavy (non-hydrogen) atoms. The summed E-state index contributed by atoms with van der Waals surface area (Å²) in [5, 5.41) is 0.113. The molecular formula is C19H27N3O4S. The fraction of sp³-hybridized carbons (Fsp3) is 0.526. The Hall–Kier alpha value is -1.90. The van der Waals surface area contributed by atoms with E-state index in [4.69, 9.17) is 9.47 Å². The molecule has 1 saturated heterocycles. The standard InChI is InChI=1S/C19H27N3O4S/c1-21(10-12-26-17-7-4-3-5-8-17)14-16-13-20-19(27(2,23)24)22(16)15-18-9-6-11-25-18/h3-5,7-8,13,18H,6,9-12,14-15H2,1-2H3. The van der Waals surface area contributed by atoms with Gasteiger partial charge in [0.15, 0.2) is 0 Å². The van der Waals surface area contributed by atoms with Crippen molar-refractivity contribution in [3.05, 3.63) is 42.2 Å². The zero-order valence-electron chi connectivity index (χ0n) is 15.9. The van der Waals surface area contributed by atoms with E-state index in [-0.39, 0.29) is 11.3 Å². The third-order valence-corrected chi connectivity index (χ3v) is 5.55. The van der Waals surface area contributed by atoms with E-state index in [9.17, 15) is 8.42 Å². The summed E-state index contributed by atoms with van der Waals surface area (Å²) in [6, 6.07) is 9.68. The molecule has 148 valence electrons. The summed E-state index contributed by atoms with van der Waals surface area (Å²) in [6.45, 7) is 3.12. The summed E-state index contributed by atoms with van der Waals surface area (Å²) < 4.78 is 37.4.